The monoisotopic (exact) mass is 424 g/mol. The largest absolute Gasteiger partial charge is 0.595 e. The molecule has 5 nitrogen and oxygen atoms in total. The van der Waals surface area contributed by atoms with Crippen molar-refractivity contribution in [1.82, 2.24) is 0 Å². The summed E-state index contributed by atoms with van der Waals surface area (Å²) in [5.74, 6) is 0.0260. The zero-order chi connectivity index (χ0) is 16.3. The number of nitriles is 1. The van der Waals surface area contributed by atoms with E-state index in [0.29, 0.717) is 21.2 Å². The number of allylic oxidation sites excluding steroid dienone is 1. The second-order valence-electron chi connectivity index (χ2n) is 4.38. The lowest BCUT2D eigenvalue weighted by atomic mass is 10.0. The van der Waals surface area contributed by atoms with E-state index >= 15 is 0 Å². The number of quaternary nitrogens is 1. The van der Waals surface area contributed by atoms with Crippen molar-refractivity contribution >= 4 is 49.2 Å². The van der Waals surface area contributed by atoms with Gasteiger partial charge in [0.05, 0.1) is 16.1 Å². The fraction of sp³-hybridized carbons (Fsp3) is 0. The summed E-state index contributed by atoms with van der Waals surface area (Å²) in [6, 6.07) is 11.4. The third-order valence-electron chi connectivity index (χ3n) is 2.92. The zero-order valence-electron chi connectivity index (χ0n) is 11.0. The molecule has 0 saturated carbocycles. The van der Waals surface area contributed by atoms with Crippen molar-refractivity contribution in [3.05, 3.63) is 61.7 Å². The fourth-order valence-electron chi connectivity index (χ4n) is 1.82. The van der Waals surface area contributed by atoms with E-state index in [-0.39, 0.29) is 11.4 Å². The molecule has 0 amide bonds. The van der Waals surface area contributed by atoms with E-state index in [9.17, 15) is 15.6 Å². The van der Waals surface area contributed by atoms with Crippen molar-refractivity contribution in [3.8, 4) is 11.8 Å². The minimum atomic E-state index is -1.03. The van der Waals surface area contributed by atoms with Gasteiger partial charge in [-0.15, -0.1) is 0 Å². The molecule has 0 fully saturated rings. The number of phenolic OH excluding ortho intramolecular Hbond substituents is 1. The normalized spacial score (nSPS) is 12.8. The van der Waals surface area contributed by atoms with E-state index in [0.717, 1.165) is 4.47 Å². The zero-order valence-corrected chi connectivity index (χ0v) is 14.2. The molecular weight excluding hydrogens is 416 g/mol. The molecule has 22 heavy (non-hydrogen) atoms. The Labute approximate surface area is 143 Å². The summed E-state index contributed by atoms with van der Waals surface area (Å²) < 4.78 is 1.26. The molecule has 0 bridgehead atoms. The Morgan fingerprint density at radius 1 is 1.23 bits per heavy atom. The molecule has 2 aromatic rings. The van der Waals surface area contributed by atoms with Gasteiger partial charge in [0, 0.05) is 22.2 Å². The number of nitrogens with zero attached hydrogens (tertiary/aromatic N) is 1. The van der Waals surface area contributed by atoms with Gasteiger partial charge in [0.15, 0.2) is 5.69 Å². The lowest BCUT2D eigenvalue weighted by Gasteiger charge is -2.11. The highest BCUT2D eigenvalue weighted by atomic mass is 79.9. The van der Waals surface area contributed by atoms with Gasteiger partial charge in [-0.3, -0.25) is 0 Å². The molecule has 0 aliphatic rings. The molecule has 2 rings (SSSR count). The average molecular weight is 426 g/mol. The smallest absolute Gasteiger partial charge is 0.163 e. The molecule has 0 spiro atoms. The summed E-state index contributed by atoms with van der Waals surface area (Å²) in [7, 11) is 0. The molecule has 0 aliphatic carbocycles. The first kappa shape index (κ1) is 16.7. The molecular formula is C15H10Br2N2O3. The number of hydrogen-bond donors (Lipinski definition) is 3. The van der Waals surface area contributed by atoms with Gasteiger partial charge in [-0.2, -0.15) is 10.5 Å². The van der Waals surface area contributed by atoms with Gasteiger partial charge < -0.3 is 10.3 Å². The maximum absolute atomic E-state index is 10.8. The standard InChI is InChI=1S/C15H10Br2N2O3/c16-12-6-10(15(20)14(17)7-12)5-11(8-18)9-1-3-13(4-2-9)19(21)22/h1-7,19-21H/b11-5-. The van der Waals surface area contributed by atoms with Crippen molar-refractivity contribution in [2.75, 3.05) is 0 Å². The summed E-state index contributed by atoms with van der Waals surface area (Å²) in [6.07, 6.45) is 1.54. The Balaban J connectivity index is 2.46. The lowest BCUT2D eigenvalue weighted by Crippen LogP contribution is -2.99. The van der Waals surface area contributed by atoms with E-state index in [1.807, 2.05) is 0 Å². The second-order valence-corrected chi connectivity index (χ2v) is 6.15. The Bertz CT molecular complexity index is 766. The van der Waals surface area contributed by atoms with Crippen LogP contribution < -0.4 is 5.23 Å². The first-order valence-corrected chi connectivity index (χ1v) is 7.64. The highest BCUT2D eigenvalue weighted by Gasteiger charge is 2.09. The van der Waals surface area contributed by atoms with Gasteiger partial charge in [-0.25, -0.2) is 5.21 Å². The number of hydrogen-bond acceptors (Lipinski definition) is 4. The van der Waals surface area contributed by atoms with Gasteiger partial charge in [-0.1, -0.05) is 15.9 Å². The van der Waals surface area contributed by atoms with Crippen LogP contribution in [0.3, 0.4) is 0 Å². The molecule has 3 N–H and O–H groups in total. The molecule has 0 heterocycles. The Kier molecular flexibility index (Phi) is 5.34. The summed E-state index contributed by atoms with van der Waals surface area (Å²) in [5.41, 5.74) is 1.51. The number of benzene rings is 2. The highest BCUT2D eigenvalue weighted by molar-refractivity contribution is 9.11. The molecule has 0 radical (unpaired) electrons. The summed E-state index contributed by atoms with van der Waals surface area (Å²) in [5, 5.41) is 38.0. The van der Waals surface area contributed by atoms with Crippen LogP contribution in [0.1, 0.15) is 11.1 Å². The topological polar surface area (TPSA) is 91.8 Å². The Morgan fingerprint density at radius 3 is 2.41 bits per heavy atom. The minimum Gasteiger partial charge on any atom is -0.595 e. The van der Waals surface area contributed by atoms with Crippen LogP contribution in [0.5, 0.6) is 5.75 Å². The van der Waals surface area contributed by atoms with E-state index in [2.05, 4.69) is 37.9 Å². The van der Waals surface area contributed by atoms with Crippen molar-refractivity contribution in [1.29, 1.82) is 5.26 Å². The first-order chi connectivity index (χ1) is 10.4. The SMILES string of the molecule is N#C/C(=C/c1cc(Br)cc(Br)c1O)c1ccc([NH+]([O-])O)cc1. The van der Waals surface area contributed by atoms with E-state index in [1.54, 1.807) is 30.3 Å². The molecule has 112 valence electrons. The quantitative estimate of drug-likeness (QED) is 0.399. The van der Waals surface area contributed by atoms with Crippen molar-refractivity contribution < 1.29 is 15.5 Å². The van der Waals surface area contributed by atoms with Crippen LogP contribution in [0.4, 0.5) is 5.69 Å². The number of phenols is 1. The van der Waals surface area contributed by atoms with Gasteiger partial charge in [-0.05, 0) is 51.8 Å². The summed E-state index contributed by atoms with van der Waals surface area (Å²) in [6.45, 7) is 0. The van der Waals surface area contributed by atoms with E-state index in [1.165, 1.54) is 12.1 Å². The van der Waals surface area contributed by atoms with Crippen molar-refractivity contribution in [3.63, 3.8) is 0 Å². The lowest BCUT2D eigenvalue weighted by molar-refractivity contribution is -0.991. The minimum absolute atomic E-state index is 0.0260. The van der Waals surface area contributed by atoms with Crippen LogP contribution in [-0.4, -0.2) is 10.3 Å². The maximum Gasteiger partial charge on any atom is 0.163 e. The van der Waals surface area contributed by atoms with Crippen molar-refractivity contribution in [2.24, 2.45) is 0 Å². The van der Waals surface area contributed by atoms with Gasteiger partial charge in [0.1, 0.15) is 5.75 Å². The molecule has 0 aliphatic heterocycles. The predicted octanol–water partition coefficient (Wildman–Crippen LogP) is 3.38. The third-order valence-corrected chi connectivity index (χ3v) is 3.98. The molecule has 2 aromatic carbocycles. The highest BCUT2D eigenvalue weighted by Crippen LogP contribution is 2.34. The molecule has 1 unspecified atom stereocenters. The average Bonchev–Trinajstić information content (AvgIpc) is 2.49. The summed E-state index contributed by atoms with van der Waals surface area (Å²) in [4.78, 5) is 0. The molecule has 1 atom stereocenters. The first-order valence-electron chi connectivity index (χ1n) is 6.06. The van der Waals surface area contributed by atoms with E-state index < -0.39 is 5.23 Å². The van der Waals surface area contributed by atoms with Crippen LogP contribution in [-0.2, 0) is 0 Å². The number of nitrogens with one attached hydrogen (secondary N) is 1. The van der Waals surface area contributed by atoms with Gasteiger partial charge in [0.2, 0.25) is 0 Å². The molecule has 0 aromatic heterocycles. The Hall–Kier alpha value is -1.69. The number of halogens is 2. The van der Waals surface area contributed by atoms with Crippen LogP contribution in [0, 0.1) is 16.5 Å². The van der Waals surface area contributed by atoms with Gasteiger partial charge in [0.25, 0.3) is 0 Å². The second kappa shape index (κ2) is 7.05. The van der Waals surface area contributed by atoms with Crippen LogP contribution >= 0.6 is 31.9 Å². The Morgan fingerprint density at radius 2 is 1.86 bits per heavy atom. The van der Waals surface area contributed by atoms with E-state index in [4.69, 9.17) is 5.21 Å². The van der Waals surface area contributed by atoms with Crippen LogP contribution in [0.15, 0.2) is 45.3 Å². The van der Waals surface area contributed by atoms with Crippen molar-refractivity contribution in [2.45, 2.75) is 0 Å². The molecule has 7 heteroatoms. The molecule has 0 saturated heterocycles. The number of rotatable bonds is 3. The summed E-state index contributed by atoms with van der Waals surface area (Å²) >= 11 is 6.56. The number of aromatic hydroxyl groups is 1. The predicted molar refractivity (Wildman–Crippen MR) is 89.2 cm³/mol. The fourth-order valence-corrected chi connectivity index (χ4v) is 3.08. The van der Waals surface area contributed by atoms with Crippen LogP contribution in [0.25, 0.3) is 11.6 Å². The maximum atomic E-state index is 10.8. The van der Waals surface area contributed by atoms with Gasteiger partial charge >= 0.3 is 0 Å². The third kappa shape index (κ3) is 3.74. The van der Waals surface area contributed by atoms with Crippen LogP contribution in [0.2, 0.25) is 0 Å².